The van der Waals surface area contributed by atoms with Crippen molar-refractivity contribution in [1.82, 2.24) is 4.98 Å². The largest absolute Gasteiger partial charge is 0.488 e. The van der Waals surface area contributed by atoms with Crippen molar-refractivity contribution in [2.75, 3.05) is 5.32 Å². The minimum atomic E-state index is -0.134. The van der Waals surface area contributed by atoms with Gasteiger partial charge in [0.1, 0.15) is 12.4 Å². The van der Waals surface area contributed by atoms with E-state index in [1.807, 2.05) is 54.6 Å². The number of aryl methyl sites for hydroxylation is 2. The van der Waals surface area contributed by atoms with Crippen LogP contribution in [0, 0.1) is 0 Å². The summed E-state index contributed by atoms with van der Waals surface area (Å²) in [4.78, 5) is 16.2. The molecule has 1 amide bonds. The first kappa shape index (κ1) is 17.6. The molecule has 0 saturated heterocycles. The van der Waals surface area contributed by atoms with Gasteiger partial charge in [0.05, 0.1) is 10.9 Å². The lowest BCUT2D eigenvalue weighted by molar-refractivity contribution is 0.102. The lowest BCUT2D eigenvalue weighted by atomic mass is 10.1. The number of H-pyrrole nitrogens is 1. The molecule has 2 N–H and O–H groups in total. The summed E-state index contributed by atoms with van der Waals surface area (Å²) in [6.45, 7) is 0.455. The Labute approximate surface area is 169 Å². The van der Waals surface area contributed by atoms with E-state index in [0.717, 1.165) is 35.0 Å². The third-order valence-corrected chi connectivity index (χ3v) is 5.51. The predicted octanol–water partition coefficient (Wildman–Crippen LogP) is 5.49. The monoisotopic (exact) mass is 382 g/mol. The van der Waals surface area contributed by atoms with Crippen LogP contribution in [-0.4, -0.2) is 10.9 Å². The zero-order valence-corrected chi connectivity index (χ0v) is 16.1. The van der Waals surface area contributed by atoms with Crippen molar-refractivity contribution >= 4 is 22.5 Å². The van der Waals surface area contributed by atoms with Gasteiger partial charge in [-0.25, -0.2) is 0 Å². The molecule has 4 aromatic rings. The highest BCUT2D eigenvalue weighted by Gasteiger charge is 2.17. The molecule has 0 unspecified atom stereocenters. The fourth-order valence-electron chi connectivity index (χ4n) is 4.03. The van der Waals surface area contributed by atoms with E-state index < -0.39 is 0 Å². The first-order chi connectivity index (χ1) is 14.3. The van der Waals surface area contributed by atoms with Gasteiger partial charge in [-0.3, -0.25) is 4.79 Å². The molecule has 0 radical (unpaired) electrons. The van der Waals surface area contributed by atoms with Gasteiger partial charge in [-0.15, -0.1) is 0 Å². The third-order valence-electron chi connectivity index (χ3n) is 5.51. The van der Waals surface area contributed by atoms with E-state index in [-0.39, 0.29) is 5.91 Å². The smallest absolute Gasteiger partial charge is 0.257 e. The Bertz CT molecular complexity index is 1180. The van der Waals surface area contributed by atoms with E-state index in [0.29, 0.717) is 17.9 Å². The summed E-state index contributed by atoms with van der Waals surface area (Å²) in [5.74, 6) is 0.566. The molecule has 0 atom stereocenters. The maximum Gasteiger partial charge on any atom is 0.257 e. The van der Waals surface area contributed by atoms with Gasteiger partial charge < -0.3 is 15.0 Å². The van der Waals surface area contributed by atoms with Crippen molar-refractivity contribution in [2.24, 2.45) is 0 Å². The summed E-state index contributed by atoms with van der Waals surface area (Å²) < 4.78 is 6.07. The summed E-state index contributed by atoms with van der Waals surface area (Å²) in [6.07, 6.45) is 5.16. The van der Waals surface area contributed by atoms with Crippen LogP contribution in [0.25, 0.3) is 10.9 Å². The topological polar surface area (TPSA) is 54.1 Å². The number of fused-ring (bicyclic) bond motifs is 2. The van der Waals surface area contributed by atoms with Crippen LogP contribution in [0.1, 0.15) is 33.5 Å². The minimum Gasteiger partial charge on any atom is -0.488 e. The Balaban J connectivity index is 1.41. The van der Waals surface area contributed by atoms with E-state index in [1.54, 1.807) is 6.20 Å². The van der Waals surface area contributed by atoms with Crippen LogP contribution < -0.4 is 10.1 Å². The normalized spacial score (nSPS) is 12.7. The van der Waals surface area contributed by atoms with E-state index in [9.17, 15) is 4.79 Å². The second-order valence-corrected chi connectivity index (χ2v) is 7.45. The molecule has 0 fully saturated rings. The second-order valence-electron chi connectivity index (χ2n) is 7.45. The van der Waals surface area contributed by atoms with Crippen LogP contribution in [0.3, 0.4) is 0 Å². The molecule has 0 spiro atoms. The molecule has 0 saturated carbocycles. The Morgan fingerprint density at radius 3 is 2.72 bits per heavy atom. The lowest BCUT2D eigenvalue weighted by Gasteiger charge is -2.10. The molecule has 4 heteroatoms. The molecule has 1 aliphatic carbocycles. The van der Waals surface area contributed by atoms with Crippen LogP contribution in [0.15, 0.2) is 72.9 Å². The molecule has 1 aromatic heterocycles. The average molecular weight is 382 g/mol. The molecule has 4 nitrogen and oxygen atoms in total. The Kier molecular flexibility index (Phi) is 4.53. The Morgan fingerprint density at radius 1 is 0.966 bits per heavy atom. The number of nitrogens with one attached hydrogen (secondary N) is 2. The molecule has 5 rings (SSSR count). The molecular weight excluding hydrogens is 360 g/mol. The van der Waals surface area contributed by atoms with Gasteiger partial charge in [0.2, 0.25) is 0 Å². The molecule has 1 aliphatic rings. The number of anilines is 1. The number of ether oxygens (including phenoxy) is 1. The number of carbonyl (C=O) groups is 1. The molecule has 144 valence electrons. The predicted molar refractivity (Wildman–Crippen MR) is 115 cm³/mol. The number of amides is 1. The van der Waals surface area contributed by atoms with Crippen LogP contribution in [0.4, 0.5) is 5.69 Å². The van der Waals surface area contributed by atoms with Gasteiger partial charge in [0, 0.05) is 17.4 Å². The van der Waals surface area contributed by atoms with Gasteiger partial charge in [0.15, 0.2) is 0 Å². The van der Waals surface area contributed by atoms with E-state index in [1.165, 1.54) is 17.5 Å². The number of carbonyl (C=O) groups excluding carboxylic acids is 1. The van der Waals surface area contributed by atoms with Crippen molar-refractivity contribution in [3.8, 4) is 5.75 Å². The number of hydrogen-bond acceptors (Lipinski definition) is 2. The van der Waals surface area contributed by atoms with E-state index >= 15 is 0 Å². The highest BCUT2D eigenvalue weighted by Crippen LogP contribution is 2.31. The van der Waals surface area contributed by atoms with Crippen molar-refractivity contribution in [2.45, 2.75) is 25.9 Å². The number of aromatic nitrogens is 1. The van der Waals surface area contributed by atoms with E-state index in [4.69, 9.17) is 4.74 Å². The summed E-state index contributed by atoms with van der Waals surface area (Å²) in [5, 5.41) is 3.86. The fraction of sp³-hybridized carbons (Fsp3) is 0.160. The van der Waals surface area contributed by atoms with Gasteiger partial charge in [-0.2, -0.15) is 0 Å². The van der Waals surface area contributed by atoms with Crippen molar-refractivity contribution < 1.29 is 9.53 Å². The van der Waals surface area contributed by atoms with Gasteiger partial charge in [0.25, 0.3) is 5.91 Å². The number of rotatable bonds is 5. The molecule has 0 aliphatic heterocycles. The van der Waals surface area contributed by atoms with Crippen molar-refractivity contribution in [3.05, 3.63) is 95.2 Å². The molecule has 3 aromatic carbocycles. The summed E-state index contributed by atoms with van der Waals surface area (Å²) in [6, 6.07) is 22.0. The maximum absolute atomic E-state index is 13.0. The van der Waals surface area contributed by atoms with Crippen LogP contribution in [-0.2, 0) is 19.4 Å². The highest BCUT2D eigenvalue weighted by atomic mass is 16.5. The van der Waals surface area contributed by atoms with Crippen molar-refractivity contribution in [1.29, 1.82) is 0 Å². The third kappa shape index (κ3) is 3.49. The SMILES string of the molecule is O=C(Nc1ccc2c(c1)CCC2)c1c[nH]c2cccc(OCc3ccccc3)c12. The van der Waals surface area contributed by atoms with Crippen LogP contribution >= 0.6 is 0 Å². The number of aromatic amines is 1. The summed E-state index contributed by atoms with van der Waals surface area (Å²) >= 11 is 0. The highest BCUT2D eigenvalue weighted by molar-refractivity contribution is 6.14. The van der Waals surface area contributed by atoms with Crippen molar-refractivity contribution in [3.63, 3.8) is 0 Å². The number of benzene rings is 3. The Hall–Kier alpha value is -3.53. The fourth-order valence-corrected chi connectivity index (χ4v) is 4.03. The second kappa shape index (κ2) is 7.47. The molecule has 0 bridgehead atoms. The first-order valence-corrected chi connectivity index (χ1v) is 9.98. The lowest BCUT2D eigenvalue weighted by Crippen LogP contribution is -2.12. The van der Waals surface area contributed by atoms with Gasteiger partial charge in [-0.05, 0) is 60.2 Å². The molecule has 1 heterocycles. The van der Waals surface area contributed by atoms with Gasteiger partial charge in [-0.1, -0.05) is 42.5 Å². The quantitative estimate of drug-likeness (QED) is 0.480. The van der Waals surface area contributed by atoms with E-state index in [2.05, 4.69) is 22.4 Å². The summed E-state index contributed by atoms with van der Waals surface area (Å²) in [5.41, 5.74) is 6.14. The maximum atomic E-state index is 13.0. The first-order valence-electron chi connectivity index (χ1n) is 9.98. The molecule has 29 heavy (non-hydrogen) atoms. The average Bonchev–Trinajstić information content (AvgIpc) is 3.40. The zero-order chi connectivity index (χ0) is 19.6. The van der Waals surface area contributed by atoms with Crippen LogP contribution in [0.5, 0.6) is 5.75 Å². The van der Waals surface area contributed by atoms with Crippen LogP contribution in [0.2, 0.25) is 0 Å². The van der Waals surface area contributed by atoms with Gasteiger partial charge >= 0.3 is 0 Å². The zero-order valence-electron chi connectivity index (χ0n) is 16.1. The molecular formula is C25H22N2O2. The number of hydrogen-bond donors (Lipinski definition) is 2. The minimum absolute atomic E-state index is 0.134. The Morgan fingerprint density at radius 2 is 1.83 bits per heavy atom. The summed E-state index contributed by atoms with van der Waals surface area (Å²) in [7, 11) is 0. The standard InChI is InChI=1S/C25H22N2O2/c28-25(27-20-13-12-18-8-4-9-19(18)14-20)21-15-26-22-10-5-11-23(24(21)22)29-16-17-6-2-1-3-7-17/h1-3,5-7,10-15,26H,4,8-9,16H2,(H,27,28).